The van der Waals surface area contributed by atoms with Crippen LogP contribution < -0.4 is 10.5 Å². The SMILES string of the molecule is Nc1cccc(OC(F)(F)F)c1.O=C(O)C(F)(F)F. The number of carboxylic acids is 1. The Morgan fingerprint density at radius 1 is 1.16 bits per heavy atom. The van der Waals surface area contributed by atoms with Crippen molar-refractivity contribution in [3.63, 3.8) is 0 Å². The van der Waals surface area contributed by atoms with Crippen LogP contribution in [0.2, 0.25) is 0 Å². The van der Waals surface area contributed by atoms with Gasteiger partial charge in [0.2, 0.25) is 0 Å². The summed E-state index contributed by atoms with van der Waals surface area (Å²) in [7, 11) is 0. The second-order valence-electron chi connectivity index (χ2n) is 2.92. The van der Waals surface area contributed by atoms with Crippen molar-refractivity contribution in [1.82, 2.24) is 0 Å². The number of carbonyl (C=O) groups is 1. The molecule has 0 saturated heterocycles. The number of carboxylic acid groups (broad SMARTS) is 1. The molecule has 0 spiro atoms. The molecule has 0 aliphatic carbocycles. The summed E-state index contributed by atoms with van der Waals surface area (Å²) >= 11 is 0. The fourth-order valence-corrected chi connectivity index (χ4v) is 0.712. The lowest BCUT2D eigenvalue weighted by molar-refractivity contribution is -0.274. The molecule has 4 nitrogen and oxygen atoms in total. The summed E-state index contributed by atoms with van der Waals surface area (Å²) in [5.74, 6) is -3.06. The zero-order chi connectivity index (χ0) is 15.3. The third kappa shape index (κ3) is 8.57. The van der Waals surface area contributed by atoms with Gasteiger partial charge in [0.15, 0.2) is 0 Å². The lowest BCUT2D eigenvalue weighted by Crippen LogP contribution is -2.21. The molecule has 0 saturated carbocycles. The molecule has 0 atom stereocenters. The van der Waals surface area contributed by atoms with Gasteiger partial charge >= 0.3 is 18.5 Å². The zero-order valence-electron chi connectivity index (χ0n) is 8.92. The Bertz CT molecular complexity index is 429. The summed E-state index contributed by atoms with van der Waals surface area (Å²) in [6, 6.07) is 5.15. The van der Waals surface area contributed by atoms with Crippen LogP contribution in [-0.4, -0.2) is 23.6 Å². The first-order chi connectivity index (χ1) is 8.42. The normalized spacial score (nSPS) is 11.3. The molecule has 0 heterocycles. The van der Waals surface area contributed by atoms with Crippen molar-refractivity contribution >= 4 is 11.7 Å². The van der Waals surface area contributed by atoms with Gasteiger partial charge in [0, 0.05) is 11.8 Å². The van der Waals surface area contributed by atoms with Crippen LogP contribution in [-0.2, 0) is 4.79 Å². The number of hydrogen-bond donors (Lipinski definition) is 2. The van der Waals surface area contributed by atoms with E-state index in [1.54, 1.807) is 0 Å². The van der Waals surface area contributed by atoms with Gasteiger partial charge in [0.05, 0.1) is 0 Å². The van der Waals surface area contributed by atoms with Crippen molar-refractivity contribution in [2.24, 2.45) is 0 Å². The van der Waals surface area contributed by atoms with Crippen LogP contribution in [0.5, 0.6) is 5.75 Å². The predicted molar refractivity (Wildman–Crippen MR) is 51.2 cm³/mol. The molecular weight excluding hydrogens is 284 g/mol. The maximum absolute atomic E-state index is 11.6. The van der Waals surface area contributed by atoms with Crippen molar-refractivity contribution in [3.05, 3.63) is 24.3 Å². The molecule has 0 amide bonds. The summed E-state index contributed by atoms with van der Waals surface area (Å²) in [6.07, 6.45) is -9.74. The van der Waals surface area contributed by atoms with E-state index in [1.165, 1.54) is 18.2 Å². The largest absolute Gasteiger partial charge is 0.573 e. The van der Waals surface area contributed by atoms with Crippen LogP contribution >= 0.6 is 0 Å². The smallest absolute Gasteiger partial charge is 0.475 e. The highest BCUT2D eigenvalue weighted by Crippen LogP contribution is 2.23. The summed E-state index contributed by atoms with van der Waals surface area (Å²) in [6.45, 7) is 0. The quantitative estimate of drug-likeness (QED) is 0.616. The van der Waals surface area contributed by atoms with Crippen LogP contribution in [0.25, 0.3) is 0 Å². The lowest BCUT2D eigenvalue weighted by Gasteiger charge is -2.08. The van der Waals surface area contributed by atoms with Crippen molar-refractivity contribution in [1.29, 1.82) is 0 Å². The van der Waals surface area contributed by atoms with E-state index in [2.05, 4.69) is 4.74 Å². The second-order valence-corrected chi connectivity index (χ2v) is 2.92. The Morgan fingerprint density at radius 3 is 1.95 bits per heavy atom. The lowest BCUT2D eigenvalue weighted by atomic mass is 10.3. The third-order valence-corrected chi connectivity index (χ3v) is 1.33. The van der Waals surface area contributed by atoms with Crippen LogP contribution in [0.3, 0.4) is 0 Å². The highest BCUT2D eigenvalue weighted by Gasteiger charge is 2.38. The number of nitrogen functional groups attached to an aromatic ring is 1. The second kappa shape index (κ2) is 6.16. The highest BCUT2D eigenvalue weighted by molar-refractivity contribution is 5.73. The van der Waals surface area contributed by atoms with Crippen molar-refractivity contribution in [3.8, 4) is 5.75 Å². The first kappa shape index (κ1) is 16.9. The Morgan fingerprint density at radius 2 is 1.63 bits per heavy atom. The van der Waals surface area contributed by atoms with Gasteiger partial charge in [-0.1, -0.05) is 6.07 Å². The first-order valence-corrected chi connectivity index (χ1v) is 4.33. The van der Waals surface area contributed by atoms with Gasteiger partial charge in [-0.15, -0.1) is 13.2 Å². The first-order valence-electron chi connectivity index (χ1n) is 4.33. The summed E-state index contributed by atoms with van der Waals surface area (Å²) < 4.78 is 70.2. The van der Waals surface area contributed by atoms with Crippen molar-refractivity contribution in [2.75, 3.05) is 5.73 Å². The molecule has 1 aromatic carbocycles. The molecular formula is C9H7F6NO3. The number of ether oxygens (including phenoxy) is 1. The van der Waals surface area contributed by atoms with Crippen LogP contribution in [0.4, 0.5) is 32.0 Å². The minimum atomic E-state index is -5.08. The zero-order valence-corrected chi connectivity index (χ0v) is 8.92. The van der Waals surface area contributed by atoms with E-state index in [0.717, 1.165) is 6.07 Å². The van der Waals surface area contributed by atoms with E-state index in [4.69, 9.17) is 15.6 Å². The molecule has 0 fully saturated rings. The molecule has 0 bridgehead atoms. The minimum absolute atomic E-state index is 0.233. The van der Waals surface area contributed by atoms with Gasteiger partial charge < -0.3 is 15.6 Å². The molecule has 0 aromatic heterocycles. The molecule has 1 rings (SSSR count). The van der Waals surface area contributed by atoms with Gasteiger partial charge in [0.25, 0.3) is 0 Å². The standard InChI is InChI=1S/C7H6F3NO.C2HF3O2/c8-7(9,10)12-6-3-1-2-5(11)4-6;3-2(4,5)1(6)7/h1-4H,11H2;(H,6,7). The third-order valence-electron chi connectivity index (χ3n) is 1.33. The van der Waals surface area contributed by atoms with Crippen LogP contribution in [0.15, 0.2) is 24.3 Å². The van der Waals surface area contributed by atoms with Gasteiger partial charge in [-0.25, -0.2) is 4.79 Å². The van der Waals surface area contributed by atoms with E-state index in [0.29, 0.717) is 0 Å². The van der Waals surface area contributed by atoms with Gasteiger partial charge in [0.1, 0.15) is 5.75 Å². The fraction of sp³-hybridized carbons (Fsp3) is 0.222. The molecule has 19 heavy (non-hydrogen) atoms. The number of halogens is 6. The molecule has 0 radical (unpaired) electrons. The van der Waals surface area contributed by atoms with E-state index in [9.17, 15) is 26.3 Å². The van der Waals surface area contributed by atoms with Gasteiger partial charge in [-0.05, 0) is 12.1 Å². The Hall–Kier alpha value is -2.13. The maximum Gasteiger partial charge on any atom is 0.573 e. The number of nitrogens with two attached hydrogens (primary N) is 1. The number of hydrogen-bond acceptors (Lipinski definition) is 3. The van der Waals surface area contributed by atoms with Crippen LogP contribution in [0, 0.1) is 0 Å². The van der Waals surface area contributed by atoms with Crippen LogP contribution in [0.1, 0.15) is 0 Å². The van der Waals surface area contributed by atoms with Gasteiger partial charge in [-0.2, -0.15) is 13.2 Å². The molecule has 108 valence electrons. The average molecular weight is 291 g/mol. The average Bonchev–Trinajstić information content (AvgIpc) is 2.13. The number of anilines is 1. The molecule has 1 aromatic rings. The molecule has 3 N–H and O–H groups in total. The van der Waals surface area contributed by atoms with E-state index < -0.39 is 18.5 Å². The van der Waals surface area contributed by atoms with Crippen molar-refractivity contribution < 1.29 is 41.0 Å². The summed E-state index contributed by atoms with van der Waals surface area (Å²) in [5, 5.41) is 7.12. The van der Waals surface area contributed by atoms with E-state index >= 15 is 0 Å². The molecule has 0 aliphatic rings. The van der Waals surface area contributed by atoms with E-state index in [1.807, 2.05) is 0 Å². The highest BCUT2D eigenvalue weighted by atomic mass is 19.4. The number of alkyl halides is 6. The maximum atomic E-state index is 11.6. The minimum Gasteiger partial charge on any atom is -0.475 e. The van der Waals surface area contributed by atoms with Crippen molar-refractivity contribution in [2.45, 2.75) is 12.5 Å². The summed E-state index contributed by atoms with van der Waals surface area (Å²) in [5.41, 5.74) is 5.46. The predicted octanol–water partition coefficient (Wildman–Crippen LogP) is 2.80. The Kier molecular flexibility index (Phi) is 5.47. The number of benzene rings is 1. The monoisotopic (exact) mass is 291 g/mol. The summed E-state index contributed by atoms with van der Waals surface area (Å²) in [4.78, 5) is 8.90. The topological polar surface area (TPSA) is 72.5 Å². The Balaban J connectivity index is 0.000000399. The molecule has 0 unspecified atom stereocenters. The Labute approximate surface area is 102 Å². The molecule has 10 heteroatoms. The molecule has 0 aliphatic heterocycles. The number of aliphatic carboxylic acids is 1. The van der Waals surface area contributed by atoms with Gasteiger partial charge in [-0.3, -0.25) is 0 Å². The number of rotatable bonds is 1. The van der Waals surface area contributed by atoms with E-state index in [-0.39, 0.29) is 11.4 Å². The fourth-order valence-electron chi connectivity index (χ4n) is 0.712.